The van der Waals surface area contributed by atoms with Gasteiger partial charge in [0.25, 0.3) is 5.91 Å². The summed E-state index contributed by atoms with van der Waals surface area (Å²) < 4.78 is 5.13. The van der Waals surface area contributed by atoms with Crippen LogP contribution in [-0.4, -0.2) is 41.0 Å². The lowest BCUT2D eigenvalue weighted by molar-refractivity contribution is 0.0705. The fraction of sp³-hybridized carbons (Fsp3) is 0.333. The minimum Gasteiger partial charge on any atom is -0.380 e. The molecule has 1 aromatic heterocycles. The van der Waals surface area contributed by atoms with Crippen LogP contribution in [0.2, 0.25) is 0 Å². The van der Waals surface area contributed by atoms with Gasteiger partial charge in [-0.3, -0.25) is 4.79 Å². The Balaban J connectivity index is 1.49. The molecule has 1 saturated heterocycles. The van der Waals surface area contributed by atoms with E-state index in [0.717, 1.165) is 47.4 Å². The first-order chi connectivity index (χ1) is 12.7. The molecule has 3 aromatic rings. The van der Waals surface area contributed by atoms with Crippen LogP contribution in [0.1, 0.15) is 40.5 Å². The number of nitrogens with one attached hydrogen (secondary N) is 1. The summed E-state index contributed by atoms with van der Waals surface area (Å²) >= 11 is 0. The van der Waals surface area contributed by atoms with Crippen LogP contribution < -0.4 is 0 Å². The first kappa shape index (κ1) is 16.8. The molecule has 0 aliphatic carbocycles. The first-order valence-corrected chi connectivity index (χ1v) is 9.06. The van der Waals surface area contributed by atoms with Crippen molar-refractivity contribution in [1.29, 1.82) is 0 Å². The third kappa shape index (κ3) is 3.35. The summed E-state index contributed by atoms with van der Waals surface area (Å²) in [6.07, 6.45) is 2.05. The number of para-hydroxylation sites is 2. The molecule has 2 heterocycles. The molecule has 26 heavy (non-hydrogen) atoms. The van der Waals surface area contributed by atoms with Gasteiger partial charge in [-0.25, -0.2) is 4.98 Å². The standard InChI is InChI=1S/C21H23N3O2/c1-26-14-15-8-10-16(11-9-15)21(25)24-12-4-5-17(13-24)20-22-18-6-2-3-7-19(18)23-20/h2-3,6-11,17H,4-5,12-14H2,1H3,(H,22,23)/t17-/m1/s1. The number of ether oxygens (including phenoxy) is 1. The molecule has 4 rings (SSSR count). The molecule has 0 saturated carbocycles. The van der Waals surface area contributed by atoms with E-state index in [2.05, 4.69) is 4.98 Å². The molecule has 0 radical (unpaired) electrons. The van der Waals surface area contributed by atoms with E-state index in [4.69, 9.17) is 9.72 Å². The van der Waals surface area contributed by atoms with E-state index >= 15 is 0 Å². The van der Waals surface area contributed by atoms with Crippen molar-refractivity contribution in [3.63, 3.8) is 0 Å². The minimum atomic E-state index is 0.0924. The van der Waals surface area contributed by atoms with E-state index in [-0.39, 0.29) is 11.8 Å². The van der Waals surface area contributed by atoms with Crippen LogP contribution in [0, 0.1) is 0 Å². The molecule has 0 unspecified atom stereocenters. The topological polar surface area (TPSA) is 58.2 Å². The molecular formula is C21H23N3O2. The van der Waals surface area contributed by atoms with Crippen molar-refractivity contribution in [1.82, 2.24) is 14.9 Å². The molecule has 5 nitrogen and oxygen atoms in total. The van der Waals surface area contributed by atoms with Crippen molar-refractivity contribution < 1.29 is 9.53 Å². The number of likely N-dealkylation sites (tertiary alicyclic amines) is 1. The van der Waals surface area contributed by atoms with E-state index in [1.54, 1.807) is 7.11 Å². The van der Waals surface area contributed by atoms with Crippen LogP contribution in [0.5, 0.6) is 0 Å². The molecule has 1 N–H and O–H groups in total. The highest BCUT2D eigenvalue weighted by Crippen LogP contribution is 2.27. The Labute approximate surface area is 153 Å². The first-order valence-electron chi connectivity index (χ1n) is 9.06. The lowest BCUT2D eigenvalue weighted by atomic mass is 9.96. The van der Waals surface area contributed by atoms with E-state index in [9.17, 15) is 4.79 Å². The third-order valence-corrected chi connectivity index (χ3v) is 5.01. The fourth-order valence-electron chi connectivity index (χ4n) is 3.64. The molecular weight excluding hydrogens is 326 g/mol. The second kappa shape index (κ2) is 7.30. The highest BCUT2D eigenvalue weighted by molar-refractivity contribution is 5.94. The van der Waals surface area contributed by atoms with Crippen LogP contribution in [0.25, 0.3) is 11.0 Å². The third-order valence-electron chi connectivity index (χ3n) is 5.01. The zero-order valence-corrected chi connectivity index (χ0v) is 14.9. The monoisotopic (exact) mass is 349 g/mol. The summed E-state index contributed by atoms with van der Waals surface area (Å²) in [5.41, 5.74) is 3.84. The van der Waals surface area contributed by atoms with E-state index in [0.29, 0.717) is 13.2 Å². The Bertz CT molecular complexity index is 868. The maximum Gasteiger partial charge on any atom is 0.253 e. The molecule has 5 heteroatoms. The lowest BCUT2D eigenvalue weighted by Crippen LogP contribution is -2.39. The molecule has 1 atom stereocenters. The molecule has 0 spiro atoms. The molecule has 1 fully saturated rings. The summed E-state index contributed by atoms with van der Waals surface area (Å²) in [5.74, 6) is 1.33. The van der Waals surface area contributed by atoms with E-state index in [1.807, 2.05) is 53.4 Å². The van der Waals surface area contributed by atoms with Crippen molar-refractivity contribution >= 4 is 16.9 Å². The Kier molecular flexibility index (Phi) is 4.71. The molecule has 1 aliphatic rings. The summed E-state index contributed by atoms with van der Waals surface area (Å²) in [6, 6.07) is 15.8. The van der Waals surface area contributed by atoms with Gasteiger partial charge >= 0.3 is 0 Å². The average Bonchev–Trinajstić information content (AvgIpc) is 3.13. The number of imidazole rings is 1. The van der Waals surface area contributed by atoms with Gasteiger partial charge in [0.05, 0.1) is 17.6 Å². The molecule has 1 amide bonds. The van der Waals surface area contributed by atoms with Crippen molar-refractivity contribution in [2.24, 2.45) is 0 Å². The fourth-order valence-corrected chi connectivity index (χ4v) is 3.64. The van der Waals surface area contributed by atoms with Crippen LogP contribution in [0.4, 0.5) is 0 Å². The number of aromatic amines is 1. The Morgan fingerprint density at radius 2 is 2.04 bits per heavy atom. The highest BCUT2D eigenvalue weighted by Gasteiger charge is 2.27. The molecule has 1 aliphatic heterocycles. The predicted octanol–water partition coefficient (Wildman–Crippen LogP) is 3.73. The van der Waals surface area contributed by atoms with Gasteiger partial charge in [0.2, 0.25) is 0 Å². The number of benzene rings is 2. The van der Waals surface area contributed by atoms with Gasteiger partial charge in [-0.2, -0.15) is 0 Å². The van der Waals surface area contributed by atoms with Crippen LogP contribution in [-0.2, 0) is 11.3 Å². The maximum atomic E-state index is 12.9. The van der Waals surface area contributed by atoms with Gasteiger partial charge < -0.3 is 14.6 Å². The number of H-pyrrole nitrogens is 1. The number of hydrogen-bond donors (Lipinski definition) is 1. The van der Waals surface area contributed by atoms with Crippen LogP contribution >= 0.6 is 0 Å². The second-order valence-electron chi connectivity index (χ2n) is 6.86. The smallest absolute Gasteiger partial charge is 0.253 e. The predicted molar refractivity (Wildman–Crippen MR) is 101 cm³/mol. The summed E-state index contributed by atoms with van der Waals surface area (Å²) in [5, 5.41) is 0. The number of nitrogens with zero attached hydrogens (tertiary/aromatic N) is 2. The number of methoxy groups -OCH3 is 1. The van der Waals surface area contributed by atoms with Crippen molar-refractivity contribution in [3.05, 3.63) is 65.5 Å². The highest BCUT2D eigenvalue weighted by atomic mass is 16.5. The Morgan fingerprint density at radius 1 is 1.23 bits per heavy atom. The number of hydrogen-bond acceptors (Lipinski definition) is 3. The number of fused-ring (bicyclic) bond motifs is 1. The van der Waals surface area contributed by atoms with E-state index < -0.39 is 0 Å². The number of carbonyl (C=O) groups is 1. The van der Waals surface area contributed by atoms with Gasteiger partial charge in [-0.1, -0.05) is 24.3 Å². The molecule has 2 aromatic carbocycles. The zero-order chi connectivity index (χ0) is 17.9. The number of carbonyl (C=O) groups excluding carboxylic acids is 1. The summed E-state index contributed by atoms with van der Waals surface area (Å²) in [4.78, 5) is 23.0. The van der Waals surface area contributed by atoms with Gasteiger partial charge in [-0.15, -0.1) is 0 Å². The van der Waals surface area contributed by atoms with Crippen LogP contribution in [0.15, 0.2) is 48.5 Å². The van der Waals surface area contributed by atoms with Crippen molar-refractivity contribution in [2.75, 3.05) is 20.2 Å². The lowest BCUT2D eigenvalue weighted by Gasteiger charge is -2.32. The second-order valence-corrected chi connectivity index (χ2v) is 6.86. The normalized spacial score (nSPS) is 17.6. The van der Waals surface area contributed by atoms with Gasteiger partial charge in [0.15, 0.2) is 0 Å². The summed E-state index contributed by atoms with van der Waals surface area (Å²) in [6.45, 7) is 2.07. The quantitative estimate of drug-likeness (QED) is 0.781. The number of piperidine rings is 1. The van der Waals surface area contributed by atoms with Crippen LogP contribution in [0.3, 0.4) is 0 Å². The minimum absolute atomic E-state index is 0.0924. The maximum absolute atomic E-state index is 12.9. The van der Waals surface area contributed by atoms with Gasteiger partial charge in [0, 0.05) is 31.7 Å². The van der Waals surface area contributed by atoms with Crippen molar-refractivity contribution in [3.8, 4) is 0 Å². The van der Waals surface area contributed by atoms with E-state index in [1.165, 1.54) is 0 Å². The van der Waals surface area contributed by atoms with Gasteiger partial charge in [0.1, 0.15) is 5.82 Å². The summed E-state index contributed by atoms with van der Waals surface area (Å²) in [7, 11) is 1.67. The largest absolute Gasteiger partial charge is 0.380 e. The molecule has 134 valence electrons. The number of rotatable bonds is 4. The molecule has 0 bridgehead atoms. The van der Waals surface area contributed by atoms with Gasteiger partial charge in [-0.05, 0) is 42.7 Å². The SMILES string of the molecule is COCc1ccc(C(=O)N2CCC[C@@H](c3nc4ccccc4[nH]3)C2)cc1. The zero-order valence-electron chi connectivity index (χ0n) is 14.9. The number of amides is 1. The number of aromatic nitrogens is 2. The Hall–Kier alpha value is -2.66. The Morgan fingerprint density at radius 3 is 2.81 bits per heavy atom. The average molecular weight is 349 g/mol. The van der Waals surface area contributed by atoms with Crippen molar-refractivity contribution in [2.45, 2.75) is 25.4 Å².